The molecule has 0 aliphatic rings. The van der Waals surface area contributed by atoms with Gasteiger partial charge >= 0.3 is 5.97 Å². The zero-order valence-corrected chi connectivity index (χ0v) is 11.5. The number of esters is 1. The van der Waals surface area contributed by atoms with Crippen LogP contribution in [0.4, 0.5) is 0 Å². The van der Waals surface area contributed by atoms with Crippen LogP contribution < -0.4 is 10.1 Å². The van der Waals surface area contributed by atoms with Crippen molar-refractivity contribution in [2.24, 2.45) is 0 Å². The summed E-state index contributed by atoms with van der Waals surface area (Å²) in [5, 5.41) is 2.66. The molecule has 6 heteroatoms. The fourth-order valence-corrected chi connectivity index (χ4v) is 1.59. The first kappa shape index (κ1) is 14.6. The molecule has 0 bridgehead atoms. The molecular weight excluding hydrogens is 274 g/mol. The first-order valence-corrected chi connectivity index (χ1v) is 6.28. The lowest BCUT2D eigenvalue weighted by Crippen LogP contribution is -2.28. The van der Waals surface area contributed by atoms with Crippen LogP contribution in [0.3, 0.4) is 0 Å². The Labute approximate surface area is 121 Å². The summed E-state index contributed by atoms with van der Waals surface area (Å²) in [6.07, 6.45) is 2.62. The summed E-state index contributed by atoms with van der Waals surface area (Å²) in [5.74, 6) is -0.217. The van der Waals surface area contributed by atoms with Crippen molar-refractivity contribution in [1.29, 1.82) is 0 Å². The molecule has 1 aromatic carbocycles. The number of amides is 1. The van der Waals surface area contributed by atoms with Crippen molar-refractivity contribution in [3.63, 3.8) is 0 Å². The van der Waals surface area contributed by atoms with Crippen molar-refractivity contribution in [2.75, 3.05) is 13.7 Å². The van der Waals surface area contributed by atoms with Crippen molar-refractivity contribution < 1.29 is 23.5 Å². The van der Waals surface area contributed by atoms with Crippen LogP contribution in [0.5, 0.6) is 5.75 Å². The molecule has 0 saturated carbocycles. The summed E-state index contributed by atoms with van der Waals surface area (Å²) in [5.41, 5.74) is 1.20. The maximum atomic E-state index is 11.6. The molecule has 1 aromatic heterocycles. The highest BCUT2D eigenvalue weighted by molar-refractivity contribution is 5.90. The van der Waals surface area contributed by atoms with Gasteiger partial charge in [-0.25, -0.2) is 4.79 Å². The summed E-state index contributed by atoms with van der Waals surface area (Å²) >= 11 is 0. The first-order valence-electron chi connectivity index (χ1n) is 6.28. The Bertz CT molecular complexity index is 589. The Morgan fingerprint density at radius 2 is 1.95 bits per heavy atom. The second-order valence-corrected chi connectivity index (χ2v) is 4.21. The lowest BCUT2D eigenvalue weighted by atomic mass is 10.2. The first-order chi connectivity index (χ1) is 10.2. The fourth-order valence-electron chi connectivity index (χ4n) is 1.59. The van der Waals surface area contributed by atoms with E-state index in [1.807, 2.05) is 12.1 Å². The second kappa shape index (κ2) is 7.14. The quantitative estimate of drug-likeness (QED) is 0.820. The predicted molar refractivity (Wildman–Crippen MR) is 73.8 cm³/mol. The molecule has 6 nitrogen and oxygen atoms in total. The summed E-state index contributed by atoms with van der Waals surface area (Å²) in [6.45, 7) is 0.0201. The van der Waals surface area contributed by atoms with Crippen LogP contribution in [0, 0.1) is 0 Å². The van der Waals surface area contributed by atoms with Gasteiger partial charge in [0.1, 0.15) is 12.0 Å². The van der Waals surface area contributed by atoms with E-state index in [1.165, 1.54) is 18.6 Å². The Hall–Kier alpha value is -2.76. The molecule has 1 heterocycles. The highest BCUT2D eigenvalue weighted by Gasteiger charge is 2.10. The van der Waals surface area contributed by atoms with Crippen molar-refractivity contribution in [3.8, 4) is 5.75 Å². The highest BCUT2D eigenvalue weighted by Crippen LogP contribution is 2.10. The SMILES string of the molecule is COc1ccc(CNC(=O)COC(=O)c2ccoc2)cc1. The van der Waals surface area contributed by atoms with Gasteiger partial charge in [0.05, 0.1) is 18.9 Å². The van der Waals surface area contributed by atoms with Crippen molar-refractivity contribution in [3.05, 3.63) is 54.0 Å². The second-order valence-electron chi connectivity index (χ2n) is 4.21. The van der Waals surface area contributed by atoms with Crippen molar-refractivity contribution in [1.82, 2.24) is 5.32 Å². The average molecular weight is 289 g/mol. The van der Waals surface area contributed by atoms with Crippen molar-refractivity contribution >= 4 is 11.9 Å². The molecular formula is C15H15NO5. The maximum Gasteiger partial charge on any atom is 0.341 e. The molecule has 0 fully saturated rings. The number of rotatable bonds is 6. The van der Waals surface area contributed by atoms with Gasteiger partial charge in [-0.15, -0.1) is 0 Å². The molecule has 0 aliphatic carbocycles. The highest BCUT2D eigenvalue weighted by atomic mass is 16.5. The third-order valence-corrected chi connectivity index (χ3v) is 2.74. The molecule has 0 radical (unpaired) electrons. The number of benzene rings is 1. The Morgan fingerprint density at radius 1 is 1.19 bits per heavy atom. The van der Waals surface area contributed by atoms with Gasteiger partial charge in [-0.3, -0.25) is 4.79 Å². The lowest BCUT2D eigenvalue weighted by Gasteiger charge is -2.06. The largest absolute Gasteiger partial charge is 0.497 e. The van der Waals surface area contributed by atoms with E-state index < -0.39 is 5.97 Å². The Balaban J connectivity index is 1.73. The minimum absolute atomic E-state index is 0.276. The summed E-state index contributed by atoms with van der Waals surface area (Å²) in [7, 11) is 1.59. The van der Waals surface area contributed by atoms with Crippen LogP contribution in [0.25, 0.3) is 0 Å². The minimum Gasteiger partial charge on any atom is -0.497 e. The molecule has 0 aliphatic heterocycles. The van der Waals surface area contributed by atoms with Crippen LogP contribution in [-0.4, -0.2) is 25.6 Å². The molecule has 2 aromatic rings. The standard InChI is InChI=1S/C15H15NO5/c1-19-13-4-2-11(3-5-13)8-16-14(17)10-21-15(18)12-6-7-20-9-12/h2-7,9H,8,10H2,1H3,(H,16,17). The van der Waals surface area contributed by atoms with E-state index in [4.69, 9.17) is 13.9 Å². The van der Waals surface area contributed by atoms with Crippen LogP contribution in [0.15, 0.2) is 47.3 Å². The van der Waals surface area contributed by atoms with E-state index in [1.54, 1.807) is 19.2 Å². The van der Waals surface area contributed by atoms with Gasteiger partial charge in [0.2, 0.25) is 0 Å². The van der Waals surface area contributed by atoms with E-state index in [2.05, 4.69) is 5.32 Å². The molecule has 110 valence electrons. The van der Waals surface area contributed by atoms with Gasteiger partial charge in [0.15, 0.2) is 6.61 Å². The lowest BCUT2D eigenvalue weighted by molar-refractivity contribution is -0.124. The number of carbonyl (C=O) groups is 2. The summed E-state index contributed by atoms with van der Waals surface area (Å²) in [6, 6.07) is 8.77. The monoisotopic (exact) mass is 289 g/mol. The van der Waals surface area contributed by atoms with E-state index in [9.17, 15) is 9.59 Å². The van der Waals surface area contributed by atoms with E-state index in [0.717, 1.165) is 11.3 Å². The van der Waals surface area contributed by atoms with Gasteiger partial charge in [-0.05, 0) is 23.8 Å². The van der Waals surface area contributed by atoms with E-state index in [0.29, 0.717) is 6.54 Å². The topological polar surface area (TPSA) is 77.8 Å². The van der Waals surface area contributed by atoms with E-state index >= 15 is 0 Å². The number of ether oxygens (including phenoxy) is 2. The summed E-state index contributed by atoms with van der Waals surface area (Å²) in [4.78, 5) is 23.1. The molecule has 2 rings (SSSR count). The van der Waals surface area contributed by atoms with Gasteiger partial charge in [-0.1, -0.05) is 12.1 Å². The predicted octanol–water partition coefficient (Wildman–Crippen LogP) is 1.76. The van der Waals surface area contributed by atoms with Crippen LogP contribution in [0.1, 0.15) is 15.9 Å². The van der Waals surface area contributed by atoms with Crippen LogP contribution in [-0.2, 0) is 16.1 Å². The number of nitrogens with one attached hydrogen (secondary N) is 1. The van der Waals surface area contributed by atoms with Crippen molar-refractivity contribution in [2.45, 2.75) is 6.54 Å². The number of hydrogen-bond acceptors (Lipinski definition) is 5. The maximum absolute atomic E-state index is 11.6. The van der Waals surface area contributed by atoms with Gasteiger partial charge in [0, 0.05) is 6.54 Å². The third kappa shape index (κ3) is 4.38. The molecule has 0 saturated heterocycles. The van der Waals surface area contributed by atoms with Crippen LogP contribution in [0.2, 0.25) is 0 Å². The number of hydrogen-bond donors (Lipinski definition) is 1. The van der Waals surface area contributed by atoms with E-state index in [-0.39, 0.29) is 18.1 Å². The molecule has 1 amide bonds. The third-order valence-electron chi connectivity index (χ3n) is 2.74. The molecule has 0 unspecified atom stereocenters. The van der Waals surface area contributed by atoms with Crippen LogP contribution >= 0.6 is 0 Å². The fraction of sp³-hybridized carbons (Fsp3) is 0.200. The van der Waals surface area contributed by atoms with Gasteiger partial charge in [0.25, 0.3) is 5.91 Å². The number of methoxy groups -OCH3 is 1. The Kier molecular flexibility index (Phi) is 4.98. The van der Waals surface area contributed by atoms with Gasteiger partial charge in [-0.2, -0.15) is 0 Å². The average Bonchev–Trinajstić information content (AvgIpc) is 3.05. The zero-order valence-electron chi connectivity index (χ0n) is 11.5. The number of carbonyl (C=O) groups excluding carboxylic acids is 2. The minimum atomic E-state index is -0.594. The normalized spacial score (nSPS) is 9.95. The Morgan fingerprint density at radius 3 is 2.57 bits per heavy atom. The molecule has 21 heavy (non-hydrogen) atoms. The smallest absolute Gasteiger partial charge is 0.341 e. The summed E-state index contributed by atoms with van der Waals surface area (Å²) < 4.78 is 14.6. The number of furan rings is 1. The molecule has 1 N–H and O–H groups in total. The molecule has 0 atom stereocenters. The van der Waals surface area contributed by atoms with Gasteiger partial charge < -0.3 is 19.2 Å². The molecule has 0 spiro atoms. The zero-order chi connectivity index (χ0) is 15.1.